The molecular formula is C24H30N4O6. The molecule has 0 saturated heterocycles. The van der Waals surface area contributed by atoms with E-state index in [1.54, 1.807) is 46.1 Å². The van der Waals surface area contributed by atoms with Gasteiger partial charge < -0.3 is 9.47 Å². The van der Waals surface area contributed by atoms with Crippen LogP contribution in [0.3, 0.4) is 0 Å². The third-order valence-electron chi connectivity index (χ3n) is 5.16. The SMILES string of the molecule is Cc1ccccc1-n1cnc2c1c(=O)n(COC(=O)C(C)(C)C)c(=O)n2COC(=O)C(C)(C)C. The Kier molecular flexibility index (Phi) is 6.55. The maximum Gasteiger partial charge on any atom is 0.338 e. The summed E-state index contributed by atoms with van der Waals surface area (Å²) in [7, 11) is 0. The Morgan fingerprint density at radius 1 is 0.882 bits per heavy atom. The van der Waals surface area contributed by atoms with Crippen molar-refractivity contribution in [1.29, 1.82) is 0 Å². The van der Waals surface area contributed by atoms with Gasteiger partial charge in [0.15, 0.2) is 24.6 Å². The number of carbonyl (C=O) groups is 2. The van der Waals surface area contributed by atoms with Gasteiger partial charge in [0.25, 0.3) is 5.56 Å². The van der Waals surface area contributed by atoms with Crippen LogP contribution in [0, 0.1) is 17.8 Å². The number of aromatic nitrogens is 4. The molecular weight excluding hydrogens is 440 g/mol. The van der Waals surface area contributed by atoms with Crippen molar-refractivity contribution in [2.45, 2.75) is 61.9 Å². The van der Waals surface area contributed by atoms with Crippen LogP contribution in [-0.2, 0) is 32.5 Å². The lowest BCUT2D eigenvalue weighted by Crippen LogP contribution is -2.43. The predicted octanol–water partition coefficient (Wildman–Crippen LogP) is 2.75. The van der Waals surface area contributed by atoms with Crippen LogP contribution in [0.15, 0.2) is 40.2 Å². The number of fused-ring (bicyclic) bond motifs is 1. The van der Waals surface area contributed by atoms with E-state index in [1.807, 2.05) is 31.2 Å². The molecule has 0 aliphatic heterocycles. The van der Waals surface area contributed by atoms with Crippen LogP contribution in [-0.4, -0.2) is 30.6 Å². The summed E-state index contributed by atoms with van der Waals surface area (Å²) < 4.78 is 14.1. The van der Waals surface area contributed by atoms with Gasteiger partial charge in [-0.05, 0) is 60.1 Å². The number of benzene rings is 1. The first-order chi connectivity index (χ1) is 15.7. The van der Waals surface area contributed by atoms with E-state index >= 15 is 0 Å². The molecule has 2 aromatic heterocycles. The topological polar surface area (TPSA) is 114 Å². The molecule has 0 unspecified atom stereocenters. The lowest BCUT2D eigenvalue weighted by molar-refractivity contribution is -0.157. The number of rotatable bonds is 5. The summed E-state index contributed by atoms with van der Waals surface area (Å²) in [6.45, 7) is 10.9. The minimum Gasteiger partial charge on any atom is -0.443 e. The van der Waals surface area contributed by atoms with Gasteiger partial charge in [0.2, 0.25) is 0 Å². The zero-order valence-corrected chi connectivity index (χ0v) is 20.5. The van der Waals surface area contributed by atoms with E-state index in [0.29, 0.717) is 5.69 Å². The molecule has 0 radical (unpaired) electrons. The Morgan fingerprint density at radius 3 is 1.94 bits per heavy atom. The molecule has 182 valence electrons. The summed E-state index contributed by atoms with van der Waals surface area (Å²) in [5.74, 6) is -1.10. The van der Waals surface area contributed by atoms with Crippen molar-refractivity contribution in [2.24, 2.45) is 10.8 Å². The molecule has 34 heavy (non-hydrogen) atoms. The third-order valence-corrected chi connectivity index (χ3v) is 5.16. The average molecular weight is 471 g/mol. The first-order valence-electron chi connectivity index (χ1n) is 10.8. The molecule has 0 atom stereocenters. The molecule has 3 aromatic rings. The molecule has 1 aromatic carbocycles. The molecule has 0 bridgehead atoms. The Bertz CT molecular complexity index is 1370. The number of esters is 2. The quantitative estimate of drug-likeness (QED) is 0.527. The van der Waals surface area contributed by atoms with Gasteiger partial charge in [-0.15, -0.1) is 0 Å². The lowest BCUT2D eigenvalue weighted by Gasteiger charge is -2.19. The monoisotopic (exact) mass is 470 g/mol. The fourth-order valence-electron chi connectivity index (χ4n) is 3.11. The largest absolute Gasteiger partial charge is 0.443 e. The van der Waals surface area contributed by atoms with Gasteiger partial charge in [0, 0.05) is 0 Å². The molecule has 3 rings (SSSR count). The second-order valence-corrected chi connectivity index (χ2v) is 10.1. The average Bonchev–Trinajstić information content (AvgIpc) is 3.17. The maximum absolute atomic E-state index is 13.4. The third kappa shape index (κ3) is 4.80. The van der Waals surface area contributed by atoms with Crippen LogP contribution in [0.25, 0.3) is 16.9 Å². The molecule has 0 N–H and O–H groups in total. The van der Waals surface area contributed by atoms with Gasteiger partial charge in [0.05, 0.1) is 16.5 Å². The molecule has 0 spiro atoms. The minimum atomic E-state index is -0.822. The highest BCUT2D eigenvalue weighted by molar-refractivity contribution is 5.76. The molecule has 0 amide bonds. The Hall–Kier alpha value is -3.69. The van der Waals surface area contributed by atoms with E-state index in [0.717, 1.165) is 14.7 Å². The normalized spacial score (nSPS) is 12.1. The van der Waals surface area contributed by atoms with Crippen molar-refractivity contribution >= 4 is 23.1 Å². The van der Waals surface area contributed by atoms with E-state index in [4.69, 9.17) is 9.47 Å². The Labute approximate surface area is 196 Å². The second kappa shape index (κ2) is 8.92. The zero-order valence-electron chi connectivity index (χ0n) is 20.5. The summed E-state index contributed by atoms with van der Waals surface area (Å²) in [5, 5.41) is 0. The van der Waals surface area contributed by atoms with Gasteiger partial charge in [-0.2, -0.15) is 0 Å². The summed E-state index contributed by atoms with van der Waals surface area (Å²) in [6.07, 6.45) is 1.43. The van der Waals surface area contributed by atoms with E-state index in [2.05, 4.69) is 4.98 Å². The summed E-state index contributed by atoms with van der Waals surface area (Å²) in [5.41, 5.74) is -1.39. The number of aryl methyl sites for hydroxylation is 1. The van der Waals surface area contributed by atoms with Crippen LogP contribution in [0.1, 0.15) is 47.1 Å². The standard InChI is InChI=1S/C24H30N4O6/c1-15-10-8-9-11-16(15)26-12-25-18-17(26)19(29)28(14-34-21(31)24(5,6)7)22(32)27(18)13-33-20(30)23(2,3)4/h8-12H,13-14H2,1-7H3. The summed E-state index contributed by atoms with van der Waals surface area (Å²) >= 11 is 0. The molecule has 0 fully saturated rings. The number of nitrogens with zero attached hydrogens (tertiary/aromatic N) is 4. The van der Waals surface area contributed by atoms with Crippen molar-refractivity contribution in [3.05, 3.63) is 57.0 Å². The van der Waals surface area contributed by atoms with Crippen molar-refractivity contribution in [3.8, 4) is 5.69 Å². The van der Waals surface area contributed by atoms with Gasteiger partial charge >= 0.3 is 17.6 Å². The van der Waals surface area contributed by atoms with Crippen molar-refractivity contribution in [1.82, 2.24) is 18.7 Å². The van der Waals surface area contributed by atoms with Crippen LogP contribution in [0.5, 0.6) is 0 Å². The van der Waals surface area contributed by atoms with E-state index in [9.17, 15) is 19.2 Å². The van der Waals surface area contributed by atoms with E-state index in [-0.39, 0.29) is 11.2 Å². The predicted molar refractivity (Wildman–Crippen MR) is 125 cm³/mol. The van der Waals surface area contributed by atoms with Gasteiger partial charge in [0.1, 0.15) is 6.33 Å². The fourth-order valence-corrected chi connectivity index (χ4v) is 3.11. The van der Waals surface area contributed by atoms with Crippen LogP contribution >= 0.6 is 0 Å². The molecule has 0 saturated carbocycles. The number of imidazole rings is 1. The van der Waals surface area contributed by atoms with E-state index < -0.39 is 47.5 Å². The second-order valence-electron chi connectivity index (χ2n) is 10.1. The van der Waals surface area contributed by atoms with Crippen molar-refractivity contribution in [2.75, 3.05) is 0 Å². The highest BCUT2D eigenvalue weighted by Gasteiger charge is 2.27. The zero-order chi connectivity index (χ0) is 25.4. The summed E-state index contributed by atoms with van der Waals surface area (Å²) in [4.78, 5) is 55.6. The molecule has 0 aliphatic carbocycles. The number of hydrogen-bond donors (Lipinski definition) is 0. The smallest absolute Gasteiger partial charge is 0.338 e. The van der Waals surface area contributed by atoms with Gasteiger partial charge in [-0.1, -0.05) is 18.2 Å². The number of carbonyl (C=O) groups excluding carboxylic acids is 2. The highest BCUT2D eigenvalue weighted by atomic mass is 16.6. The van der Waals surface area contributed by atoms with Crippen molar-refractivity contribution < 1.29 is 19.1 Å². The lowest BCUT2D eigenvalue weighted by atomic mass is 9.97. The number of hydrogen-bond acceptors (Lipinski definition) is 7. The van der Waals surface area contributed by atoms with Crippen LogP contribution in [0.4, 0.5) is 0 Å². The Morgan fingerprint density at radius 2 is 1.41 bits per heavy atom. The minimum absolute atomic E-state index is 0.0540. The first-order valence-corrected chi connectivity index (χ1v) is 10.8. The number of para-hydroxylation sites is 1. The molecule has 2 heterocycles. The molecule has 10 nitrogen and oxygen atoms in total. The fraction of sp³-hybridized carbons (Fsp3) is 0.458. The summed E-state index contributed by atoms with van der Waals surface area (Å²) in [6, 6.07) is 7.38. The van der Waals surface area contributed by atoms with Gasteiger partial charge in [-0.3, -0.25) is 19.0 Å². The first kappa shape index (κ1) is 24.9. The van der Waals surface area contributed by atoms with Crippen molar-refractivity contribution in [3.63, 3.8) is 0 Å². The van der Waals surface area contributed by atoms with Crippen LogP contribution in [0.2, 0.25) is 0 Å². The van der Waals surface area contributed by atoms with Gasteiger partial charge in [-0.25, -0.2) is 18.9 Å². The van der Waals surface area contributed by atoms with E-state index in [1.165, 1.54) is 6.33 Å². The Balaban J connectivity index is 2.20. The highest BCUT2D eigenvalue weighted by Crippen LogP contribution is 2.20. The molecule has 10 heteroatoms. The van der Waals surface area contributed by atoms with Crippen LogP contribution < -0.4 is 11.2 Å². The number of ether oxygens (including phenoxy) is 2. The maximum atomic E-state index is 13.4. The molecule has 0 aliphatic rings.